The van der Waals surface area contributed by atoms with Crippen molar-refractivity contribution in [1.82, 2.24) is 0 Å². The van der Waals surface area contributed by atoms with Crippen LogP contribution in [0, 0.1) is 0 Å². The lowest BCUT2D eigenvalue weighted by atomic mass is 10.3. The fraction of sp³-hybridized carbons (Fsp3) is 0.438. The smallest absolute Gasteiger partial charge is 0.332 e. The Morgan fingerprint density at radius 1 is 1.13 bits per heavy atom. The number of rotatable bonds is 7. The van der Waals surface area contributed by atoms with Crippen LogP contribution in [0.5, 0.6) is 0 Å². The first kappa shape index (κ1) is 25.5. The standard InChI is InChI=1S/C7H12O3.C5H8O2.C4H7NO/c1-2-7(9)10-6-4-3-5-8;1-4(2)5(6)7-3;1-3(2)4(5)6/h2,8H,1,3-6H2;1H2,2-3H3;1H2,2H3,(H2,5,6). The van der Waals surface area contributed by atoms with E-state index in [-0.39, 0.29) is 12.6 Å². The zero-order valence-corrected chi connectivity index (χ0v) is 14.1. The van der Waals surface area contributed by atoms with E-state index in [1.165, 1.54) is 7.11 Å². The van der Waals surface area contributed by atoms with Crippen molar-refractivity contribution in [1.29, 1.82) is 0 Å². The lowest BCUT2D eigenvalue weighted by Gasteiger charge is -1.98. The van der Waals surface area contributed by atoms with Crippen LogP contribution >= 0.6 is 0 Å². The summed E-state index contributed by atoms with van der Waals surface area (Å²) < 4.78 is 8.90. The van der Waals surface area contributed by atoms with E-state index in [9.17, 15) is 14.4 Å². The Kier molecular flexibility index (Phi) is 19.6. The number of esters is 2. The van der Waals surface area contributed by atoms with Crippen LogP contribution in [0.1, 0.15) is 26.7 Å². The molecular weight excluding hydrogens is 302 g/mol. The highest BCUT2D eigenvalue weighted by Crippen LogP contribution is 1.89. The summed E-state index contributed by atoms with van der Waals surface area (Å²) in [6.07, 6.45) is 2.50. The van der Waals surface area contributed by atoms with Crippen molar-refractivity contribution in [2.75, 3.05) is 20.3 Å². The zero-order valence-electron chi connectivity index (χ0n) is 14.1. The van der Waals surface area contributed by atoms with Crippen LogP contribution in [0.15, 0.2) is 37.0 Å². The number of primary amides is 1. The molecule has 0 heterocycles. The van der Waals surface area contributed by atoms with Gasteiger partial charge in [0.25, 0.3) is 0 Å². The van der Waals surface area contributed by atoms with Gasteiger partial charge in [-0.15, -0.1) is 0 Å². The molecule has 7 heteroatoms. The molecule has 0 bridgehead atoms. The number of ether oxygens (including phenoxy) is 2. The fourth-order valence-corrected chi connectivity index (χ4v) is 0.620. The maximum Gasteiger partial charge on any atom is 0.332 e. The van der Waals surface area contributed by atoms with Gasteiger partial charge in [-0.1, -0.05) is 19.7 Å². The topological polar surface area (TPSA) is 116 Å². The van der Waals surface area contributed by atoms with Gasteiger partial charge in [-0.3, -0.25) is 4.79 Å². The maximum atomic E-state index is 10.4. The monoisotopic (exact) mass is 329 g/mol. The van der Waals surface area contributed by atoms with Gasteiger partial charge in [-0.2, -0.15) is 0 Å². The molecule has 0 saturated carbocycles. The number of amides is 1. The minimum absolute atomic E-state index is 0.144. The van der Waals surface area contributed by atoms with Crippen LogP contribution in [-0.4, -0.2) is 43.3 Å². The predicted molar refractivity (Wildman–Crippen MR) is 88.3 cm³/mol. The highest BCUT2D eigenvalue weighted by molar-refractivity contribution is 5.90. The van der Waals surface area contributed by atoms with E-state index in [2.05, 4.69) is 29.2 Å². The molecule has 0 aliphatic carbocycles. The van der Waals surface area contributed by atoms with Crippen molar-refractivity contribution in [3.8, 4) is 0 Å². The summed E-state index contributed by atoms with van der Waals surface area (Å²) >= 11 is 0. The number of hydrogen-bond donors (Lipinski definition) is 2. The molecule has 0 rings (SSSR count). The number of aliphatic hydroxyl groups excluding tert-OH is 1. The van der Waals surface area contributed by atoms with E-state index < -0.39 is 11.9 Å². The molecule has 23 heavy (non-hydrogen) atoms. The Bertz CT molecular complexity index is 403. The molecule has 0 fully saturated rings. The Hall–Kier alpha value is -2.41. The number of aliphatic hydroxyl groups is 1. The second kappa shape index (κ2) is 17.6. The number of methoxy groups -OCH3 is 1. The number of carbonyl (C=O) groups is 3. The Balaban J connectivity index is -0.000000272. The van der Waals surface area contributed by atoms with E-state index in [1.807, 2.05) is 0 Å². The second-order valence-corrected chi connectivity index (χ2v) is 4.22. The van der Waals surface area contributed by atoms with Crippen molar-refractivity contribution in [2.24, 2.45) is 5.73 Å². The second-order valence-electron chi connectivity index (χ2n) is 4.22. The van der Waals surface area contributed by atoms with Gasteiger partial charge >= 0.3 is 11.9 Å². The number of nitrogens with two attached hydrogens (primary N) is 1. The Labute approximate surface area is 137 Å². The first-order valence-electron chi connectivity index (χ1n) is 6.73. The predicted octanol–water partition coefficient (Wildman–Crippen LogP) is 1.27. The van der Waals surface area contributed by atoms with Crippen LogP contribution < -0.4 is 5.73 Å². The summed E-state index contributed by atoms with van der Waals surface area (Å²) in [6.45, 7) is 13.6. The lowest BCUT2D eigenvalue weighted by molar-refractivity contribution is -0.138. The quantitative estimate of drug-likeness (QED) is 0.413. The summed E-state index contributed by atoms with van der Waals surface area (Å²) in [5.74, 6) is -1.19. The van der Waals surface area contributed by atoms with Crippen LogP contribution in [-0.2, 0) is 23.9 Å². The molecule has 0 saturated heterocycles. The SMILES string of the molecule is C=C(C)C(=O)OC.C=C(C)C(N)=O.C=CC(=O)OCCCCO. The van der Waals surface area contributed by atoms with Crippen molar-refractivity contribution in [3.05, 3.63) is 37.0 Å². The number of hydrogen-bond acceptors (Lipinski definition) is 6. The first-order valence-corrected chi connectivity index (χ1v) is 6.73. The van der Waals surface area contributed by atoms with Crippen LogP contribution in [0.3, 0.4) is 0 Å². The summed E-state index contributed by atoms with van der Waals surface area (Å²) in [6, 6.07) is 0. The molecule has 0 aliphatic heterocycles. The summed E-state index contributed by atoms with van der Waals surface area (Å²) in [5.41, 5.74) is 5.53. The van der Waals surface area contributed by atoms with E-state index >= 15 is 0 Å². The van der Waals surface area contributed by atoms with Gasteiger partial charge < -0.3 is 20.3 Å². The molecule has 1 amide bonds. The van der Waals surface area contributed by atoms with Crippen molar-refractivity contribution in [2.45, 2.75) is 26.7 Å². The van der Waals surface area contributed by atoms with Crippen LogP contribution in [0.2, 0.25) is 0 Å². The minimum Gasteiger partial charge on any atom is -0.466 e. The zero-order chi connectivity index (χ0) is 18.8. The van der Waals surface area contributed by atoms with Crippen molar-refractivity contribution < 1.29 is 29.0 Å². The van der Waals surface area contributed by atoms with Gasteiger partial charge in [0.05, 0.1) is 13.7 Å². The molecule has 0 aromatic carbocycles. The molecule has 7 nitrogen and oxygen atoms in total. The minimum atomic E-state index is -0.435. The molecule has 0 aromatic heterocycles. The molecule has 0 aliphatic rings. The number of carbonyl (C=O) groups excluding carboxylic acids is 3. The van der Waals surface area contributed by atoms with Crippen molar-refractivity contribution in [3.63, 3.8) is 0 Å². The van der Waals surface area contributed by atoms with E-state index in [1.54, 1.807) is 13.8 Å². The number of unbranched alkanes of at least 4 members (excludes halogenated alkanes) is 1. The molecule has 0 unspecified atom stereocenters. The van der Waals surface area contributed by atoms with E-state index in [4.69, 9.17) is 10.8 Å². The van der Waals surface area contributed by atoms with Gasteiger partial charge in [0.1, 0.15) is 0 Å². The average molecular weight is 329 g/mol. The van der Waals surface area contributed by atoms with Gasteiger partial charge in [-0.05, 0) is 26.7 Å². The highest BCUT2D eigenvalue weighted by Gasteiger charge is 1.95. The van der Waals surface area contributed by atoms with E-state index in [0.717, 1.165) is 6.08 Å². The molecular formula is C16H27NO6. The Morgan fingerprint density at radius 2 is 1.61 bits per heavy atom. The summed E-state index contributed by atoms with van der Waals surface area (Å²) in [5, 5.41) is 8.33. The third-order valence-electron chi connectivity index (χ3n) is 1.92. The van der Waals surface area contributed by atoms with Gasteiger partial charge in [-0.25, -0.2) is 9.59 Å². The van der Waals surface area contributed by atoms with Gasteiger partial charge in [0.2, 0.25) is 5.91 Å². The van der Waals surface area contributed by atoms with E-state index in [0.29, 0.717) is 30.6 Å². The van der Waals surface area contributed by atoms with Gasteiger partial charge in [0.15, 0.2) is 0 Å². The highest BCUT2D eigenvalue weighted by atomic mass is 16.5. The van der Waals surface area contributed by atoms with Crippen molar-refractivity contribution >= 4 is 17.8 Å². The third-order valence-corrected chi connectivity index (χ3v) is 1.92. The lowest BCUT2D eigenvalue weighted by Crippen LogP contribution is -2.10. The third kappa shape index (κ3) is 24.9. The molecule has 3 N–H and O–H groups in total. The molecule has 132 valence electrons. The normalized spacial score (nSPS) is 8.17. The maximum absolute atomic E-state index is 10.4. The van der Waals surface area contributed by atoms with Crippen LogP contribution in [0.4, 0.5) is 0 Å². The average Bonchev–Trinajstić information content (AvgIpc) is 2.51. The molecule has 0 radical (unpaired) electrons. The molecule has 0 spiro atoms. The molecule has 0 aromatic rings. The summed E-state index contributed by atoms with van der Waals surface area (Å²) in [7, 11) is 1.33. The Morgan fingerprint density at radius 3 is 1.83 bits per heavy atom. The van der Waals surface area contributed by atoms with Gasteiger partial charge in [0, 0.05) is 23.8 Å². The molecule has 0 atom stereocenters. The van der Waals surface area contributed by atoms with Crippen LogP contribution in [0.25, 0.3) is 0 Å². The first-order chi connectivity index (χ1) is 10.6. The summed E-state index contributed by atoms with van der Waals surface area (Å²) in [4.78, 5) is 30.4. The largest absolute Gasteiger partial charge is 0.466 e. The fourth-order valence-electron chi connectivity index (χ4n) is 0.620.